The van der Waals surface area contributed by atoms with Crippen molar-refractivity contribution in [1.29, 1.82) is 0 Å². The second kappa shape index (κ2) is 7.59. The number of halogens is 2. The molecule has 0 saturated heterocycles. The van der Waals surface area contributed by atoms with Gasteiger partial charge in [-0.1, -0.05) is 23.2 Å². The minimum atomic E-state index is -3.83. The number of hydrogen-bond donors (Lipinski definition) is 2. The Bertz CT molecular complexity index is 563. The minimum absolute atomic E-state index is 0.0343. The van der Waals surface area contributed by atoms with E-state index in [1.807, 2.05) is 6.92 Å². The molecule has 20 heavy (non-hydrogen) atoms. The molecular formula is C12H17Cl2NO4S. The van der Waals surface area contributed by atoms with Crippen molar-refractivity contribution < 1.29 is 18.3 Å². The van der Waals surface area contributed by atoms with Gasteiger partial charge in [-0.05, 0) is 31.5 Å². The third kappa shape index (κ3) is 4.58. The van der Waals surface area contributed by atoms with E-state index in [4.69, 9.17) is 33.0 Å². The molecule has 2 N–H and O–H groups in total. The molecule has 0 fully saturated rings. The van der Waals surface area contributed by atoms with Gasteiger partial charge in [-0.2, -0.15) is 0 Å². The number of nitrogens with one attached hydrogen (secondary N) is 1. The van der Waals surface area contributed by atoms with Gasteiger partial charge in [0.2, 0.25) is 10.0 Å². The first kappa shape index (κ1) is 17.7. The van der Waals surface area contributed by atoms with Gasteiger partial charge in [-0.25, -0.2) is 13.1 Å². The standard InChI is InChI=1S/C12H17Cl2NO4S/c1-3-19-7-8(2)15-20(17,18)11-5-10(13)4-9(6-16)12(11)14/h4-5,8,15-16H,3,6-7H2,1-2H3. The van der Waals surface area contributed by atoms with Crippen molar-refractivity contribution in [2.75, 3.05) is 13.2 Å². The average Bonchev–Trinajstić information content (AvgIpc) is 2.37. The lowest BCUT2D eigenvalue weighted by molar-refractivity contribution is 0.133. The average molecular weight is 342 g/mol. The highest BCUT2D eigenvalue weighted by Crippen LogP contribution is 2.29. The third-order valence-electron chi connectivity index (χ3n) is 2.47. The Kier molecular flexibility index (Phi) is 6.71. The lowest BCUT2D eigenvalue weighted by Crippen LogP contribution is -2.36. The van der Waals surface area contributed by atoms with Crippen LogP contribution >= 0.6 is 23.2 Å². The molecule has 1 aromatic carbocycles. The van der Waals surface area contributed by atoms with Crippen molar-refractivity contribution >= 4 is 33.2 Å². The molecule has 0 spiro atoms. The van der Waals surface area contributed by atoms with E-state index in [-0.39, 0.29) is 27.1 Å². The van der Waals surface area contributed by atoms with Crippen LogP contribution < -0.4 is 4.72 Å². The summed E-state index contributed by atoms with van der Waals surface area (Å²) in [6, 6.07) is 2.26. The zero-order chi connectivity index (χ0) is 15.3. The van der Waals surface area contributed by atoms with Gasteiger partial charge in [0, 0.05) is 17.7 Å². The topological polar surface area (TPSA) is 75.6 Å². The van der Waals surface area contributed by atoms with Gasteiger partial charge in [0.25, 0.3) is 0 Å². The number of benzene rings is 1. The maximum atomic E-state index is 12.3. The summed E-state index contributed by atoms with van der Waals surface area (Å²) in [6.45, 7) is 3.86. The van der Waals surface area contributed by atoms with Gasteiger partial charge in [0.15, 0.2) is 0 Å². The molecule has 8 heteroatoms. The first-order valence-corrected chi connectivity index (χ1v) is 8.24. The Morgan fingerprint density at radius 2 is 2.05 bits per heavy atom. The highest BCUT2D eigenvalue weighted by Gasteiger charge is 2.23. The van der Waals surface area contributed by atoms with Crippen LogP contribution in [0.2, 0.25) is 10.0 Å². The van der Waals surface area contributed by atoms with E-state index in [0.29, 0.717) is 6.61 Å². The molecule has 0 aliphatic carbocycles. The Morgan fingerprint density at radius 1 is 1.40 bits per heavy atom. The molecule has 0 saturated carbocycles. The van der Waals surface area contributed by atoms with E-state index in [9.17, 15) is 8.42 Å². The van der Waals surface area contributed by atoms with E-state index < -0.39 is 22.7 Å². The highest BCUT2D eigenvalue weighted by atomic mass is 35.5. The van der Waals surface area contributed by atoms with E-state index >= 15 is 0 Å². The molecule has 0 aliphatic heterocycles. The maximum Gasteiger partial charge on any atom is 0.242 e. The molecular weight excluding hydrogens is 325 g/mol. The van der Waals surface area contributed by atoms with Crippen LogP contribution in [0.15, 0.2) is 17.0 Å². The van der Waals surface area contributed by atoms with Crippen molar-refractivity contribution in [3.8, 4) is 0 Å². The molecule has 0 heterocycles. The van der Waals surface area contributed by atoms with Crippen LogP contribution in [-0.2, 0) is 21.4 Å². The summed E-state index contributed by atoms with van der Waals surface area (Å²) in [5.41, 5.74) is 0.261. The Labute approximate surface area is 128 Å². The van der Waals surface area contributed by atoms with Crippen LogP contribution in [0.4, 0.5) is 0 Å². The summed E-state index contributed by atoms with van der Waals surface area (Å²) < 4.78 is 32.1. The number of rotatable bonds is 7. The molecule has 1 rings (SSSR count). The van der Waals surface area contributed by atoms with Crippen molar-refractivity contribution in [2.24, 2.45) is 0 Å². The summed E-state index contributed by atoms with van der Waals surface area (Å²) >= 11 is 11.8. The van der Waals surface area contributed by atoms with Crippen LogP contribution in [0.5, 0.6) is 0 Å². The first-order valence-electron chi connectivity index (χ1n) is 6.00. The van der Waals surface area contributed by atoms with Crippen LogP contribution in [0.1, 0.15) is 19.4 Å². The van der Waals surface area contributed by atoms with Crippen LogP contribution in [0.3, 0.4) is 0 Å². The number of ether oxygens (including phenoxy) is 1. The predicted molar refractivity (Wildman–Crippen MR) is 78.7 cm³/mol. The van der Waals surface area contributed by atoms with Gasteiger partial charge < -0.3 is 9.84 Å². The van der Waals surface area contributed by atoms with Crippen molar-refractivity contribution in [1.82, 2.24) is 4.72 Å². The van der Waals surface area contributed by atoms with Crippen LogP contribution in [0.25, 0.3) is 0 Å². The number of hydrogen-bond acceptors (Lipinski definition) is 4. The quantitative estimate of drug-likeness (QED) is 0.796. The van der Waals surface area contributed by atoms with Gasteiger partial charge in [-0.3, -0.25) is 0 Å². The molecule has 0 aliphatic rings. The summed E-state index contributed by atoms with van der Waals surface area (Å²) in [5, 5.41) is 9.31. The highest BCUT2D eigenvalue weighted by molar-refractivity contribution is 7.89. The number of sulfonamides is 1. The molecule has 1 unspecified atom stereocenters. The van der Waals surface area contributed by atoms with Gasteiger partial charge >= 0.3 is 0 Å². The lowest BCUT2D eigenvalue weighted by Gasteiger charge is -2.16. The maximum absolute atomic E-state index is 12.3. The smallest absolute Gasteiger partial charge is 0.242 e. The zero-order valence-corrected chi connectivity index (χ0v) is 13.5. The number of aliphatic hydroxyl groups excluding tert-OH is 1. The van der Waals surface area contributed by atoms with E-state index in [1.54, 1.807) is 6.92 Å². The molecule has 0 radical (unpaired) electrons. The predicted octanol–water partition coefficient (Wildman–Crippen LogP) is 2.19. The Balaban J connectivity index is 3.06. The number of aliphatic hydroxyl groups is 1. The van der Waals surface area contributed by atoms with E-state index in [0.717, 1.165) is 0 Å². The van der Waals surface area contributed by atoms with Gasteiger partial charge in [0.05, 0.1) is 18.2 Å². The molecule has 0 amide bonds. The summed E-state index contributed by atoms with van der Waals surface area (Å²) in [7, 11) is -3.83. The van der Waals surface area contributed by atoms with Crippen molar-refractivity contribution in [3.63, 3.8) is 0 Å². The Hall–Kier alpha value is -0.370. The molecule has 1 atom stereocenters. The second-order valence-corrected chi connectivity index (χ2v) is 6.71. The fourth-order valence-electron chi connectivity index (χ4n) is 1.59. The minimum Gasteiger partial charge on any atom is -0.392 e. The van der Waals surface area contributed by atoms with E-state index in [1.165, 1.54) is 12.1 Å². The van der Waals surface area contributed by atoms with Gasteiger partial charge in [0.1, 0.15) is 4.90 Å². The van der Waals surface area contributed by atoms with Crippen molar-refractivity contribution in [3.05, 3.63) is 27.7 Å². The Morgan fingerprint density at radius 3 is 2.60 bits per heavy atom. The lowest BCUT2D eigenvalue weighted by atomic mass is 10.2. The fourth-order valence-corrected chi connectivity index (χ4v) is 3.74. The van der Waals surface area contributed by atoms with Crippen LogP contribution in [0, 0.1) is 0 Å². The summed E-state index contributed by atoms with van der Waals surface area (Å²) in [6.07, 6.45) is 0. The molecule has 0 aromatic heterocycles. The largest absolute Gasteiger partial charge is 0.392 e. The summed E-state index contributed by atoms with van der Waals surface area (Å²) in [5.74, 6) is 0. The SMILES string of the molecule is CCOCC(C)NS(=O)(=O)c1cc(Cl)cc(CO)c1Cl. The fraction of sp³-hybridized carbons (Fsp3) is 0.500. The molecule has 114 valence electrons. The molecule has 5 nitrogen and oxygen atoms in total. The zero-order valence-electron chi connectivity index (χ0n) is 11.2. The molecule has 1 aromatic rings. The normalized spacial score (nSPS) is 13.4. The third-order valence-corrected chi connectivity index (χ3v) is 4.86. The van der Waals surface area contributed by atoms with Crippen molar-refractivity contribution in [2.45, 2.75) is 31.4 Å². The summed E-state index contributed by atoms with van der Waals surface area (Å²) in [4.78, 5) is -0.154. The van der Waals surface area contributed by atoms with Gasteiger partial charge in [-0.15, -0.1) is 0 Å². The van der Waals surface area contributed by atoms with E-state index in [2.05, 4.69) is 4.72 Å². The second-order valence-electron chi connectivity index (χ2n) is 4.22. The first-order chi connectivity index (χ1) is 9.31. The molecule has 0 bridgehead atoms. The monoisotopic (exact) mass is 341 g/mol. The van der Waals surface area contributed by atoms with Crippen LogP contribution in [-0.4, -0.2) is 32.8 Å².